The van der Waals surface area contributed by atoms with E-state index in [9.17, 15) is 4.79 Å². The molecule has 0 saturated heterocycles. The van der Waals surface area contributed by atoms with Gasteiger partial charge in [0.1, 0.15) is 0 Å². The first-order chi connectivity index (χ1) is 9.19. The fourth-order valence-corrected chi connectivity index (χ4v) is 2.20. The van der Waals surface area contributed by atoms with Crippen LogP contribution in [0.3, 0.4) is 0 Å². The topological polar surface area (TPSA) is 52.2 Å². The van der Waals surface area contributed by atoms with Crippen LogP contribution in [0.4, 0.5) is 0 Å². The first kappa shape index (κ1) is 12.0. The quantitative estimate of drug-likeness (QED) is 0.725. The summed E-state index contributed by atoms with van der Waals surface area (Å²) in [7, 11) is 0. The fraction of sp³-hybridized carbons (Fsp3) is 0.154. The molecule has 3 aromatic heterocycles. The van der Waals surface area contributed by atoms with Gasteiger partial charge < -0.3 is 4.57 Å². The third kappa shape index (κ3) is 2.04. The molecule has 5 nitrogen and oxygen atoms in total. The zero-order chi connectivity index (χ0) is 13.4. The molecule has 19 heavy (non-hydrogen) atoms. The second-order valence-corrected chi connectivity index (χ2v) is 4.59. The molecule has 6 heteroatoms. The average Bonchev–Trinajstić information content (AvgIpc) is 2.80. The van der Waals surface area contributed by atoms with Crippen LogP contribution in [0.1, 0.15) is 6.92 Å². The maximum absolute atomic E-state index is 11.6. The van der Waals surface area contributed by atoms with Gasteiger partial charge in [-0.1, -0.05) is 0 Å². The minimum atomic E-state index is 0.00603. The summed E-state index contributed by atoms with van der Waals surface area (Å²) < 4.78 is 3.48. The second kappa shape index (κ2) is 4.55. The number of hydrogen-bond donors (Lipinski definition) is 1. The van der Waals surface area contributed by atoms with E-state index in [2.05, 4.69) is 22.8 Å². The van der Waals surface area contributed by atoms with Crippen LogP contribution in [0, 0.1) is 0 Å². The maximum atomic E-state index is 11.6. The largest absolute Gasteiger partial charge is 0.315 e. The number of aryl methyl sites for hydroxylation is 1. The van der Waals surface area contributed by atoms with Crippen LogP contribution in [0.2, 0.25) is 0 Å². The van der Waals surface area contributed by atoms with Crippen LogP contribution in [0.15, 0.2) is 46.6 Å². The maximum Gasteiger partial charge on any atom is 0.250 e. The molecule has 0 fully saturated rings. The molecule has 0 N–H and O–H groups in total. The van der Waals surface area contributed by atoms with Crippen molar-refractivity contribution in [3.63, 3.8) is 0 Å². The number of pyridine rings is 2. The Morgan fingerprint density at radius 1 is 1.11 bits per heavy atom. The van der Waals surface area contributed by atoms with E-state index in [1.165, 1.54) is 0 Å². The third-order valence-electron chi connectivity index (χ3n) is 3.04. The predicted molar refractivity (Wildman–Crippen MR) is 75.6 cm³/mol. The van der Waals surface area contributed by atoms with Crippen molar-refractivity contribution in [2.75, 3.05) is 0 Å². The van der Waals surface area contributed by atoms with Gasteiger partial charge in [0.15, 0.2) is 10.8 Å². The van der Waals surface area contributed by atoms with Gasteiger partial charge >= 0.3 is 0 Å². The van der Waals surface area contributed by atoms with Crippen LogP contribution in [0.5, 0.6) is 0 Å². The van der Waals surface area contributed by atoms with E-state index in [0.29, 0.717) is 11.7 Å². The second-order valence-electron chi connectivity index (χ2n) is 4.19. The van der Waals surface area contributed by atoms with Crippen molar-refractivity contribution in [3.05, 3.63) is 47.0 Å². The number of rotatable bonds is 2. The average molecular weight is 272 g/mol. The number of thiol groups is 1. The molecule has 3 rings (SSSR count). The zero-order valence-electron chi connectivity index (χ0n) is 10.3. The molecule has 0 spiro atoms. The molecule has 0 saturated carbocycles. The Kier molecular flexibility index (Phi) is 2.87. The van der Waals surface area contributed by atoms with Crippen molar-refractivity contribution >= 4 is 18.3 Å². The minimum absolute atomic E-state index is 0.00603. The van der Waals surface area contributed by atoms with Crippen molar-refractivity contribution in [3.8, 4) is 11.1 Å². The van der Waals surface area contributed by atoms with Crippen LogP contribution >= 0.6 is 12.6 Å². The molecule has 0 unspecified atom stereocenters. The van der Waals surface area contributed by atoms with Gasteiger partial charge in [0.05, 0.1) is 0 Å². The van der Waals surface area contributed by atoms with Gasteiger partial charge in [-0.2, -0.15) is 0 Å². The standard InChI is InChI=1S/C13H12N4OS/c1-2-16-7-9(4-6-12(16)18)10-3-5-11-14-15-13(19)17(11)8-10/h3-8H,2H2,1H3,(H,15,19). The zero-order valence-corrected chi connectivity index (χ0v) is 11.2. The summed E-state index contributed by atoms with van der Waals surface area (Å²) in [4.78, 5) is 11.6. The predicted octanol–water partition coefficient (Wildman–Crippen LogP) is 1.87. The molecule has 96 valence electrons. The molecule has 0 aromatic carbocycles. The van der Waals surface area contributed by atoms with Gasteiger partial charge in [-0.15, -0.1) is 22.8 Å². The minimum Gasteiger partial charge on any atom is -0.315 e. The number of hydrogen-bond acceptors (Lipinski definition) is 4. The molecule has 3 aromatic rings. The lowest BCUT2D eigenvalue weighted by Crippen LogP contribution is -2.16. The molecule has 0 amide bonds. The first-order valence-electron chi connectivity index (χ1n) is 5.93. The monoisotopic (exact) mass is 272 g/mol. The van der Waals surface area contributed by atoms with E-state index in [1.54, 1.807) is 15.0 Å². The Hall–Kier alpha value is -2.08. The van der Waals surface area contributed by atoms with Crippen LogP contribution in [0.25, 0.3) is 16.8 Å². The Morgan fingerprint density at radius 2 is 1.84 bits per heavy atom. The highest BCUT2D eigenvalue weighted by atomic mass is 32.1. The molecule has 0 radical (unpaired) electrons. The molecule has 0 aliphatic carbocycles. The Balaban J connectivity index is 2.18. The van der Waals surface area contributed by atoms with E-state index < -0.39 is 0 Å². The number of aromatic nitrogens is 4. The van der Waals surface area contributed by atoms with Gasteiger partial charge in [0.2, 0.25) is 0 Å². The van der Waals surface area contributed by atoms with Crippen molar-refractivity contribution < 1.29 is 0 Å². The molecular formula is C13H12N4OS. The van der Waals surface area contributed by atoms with Crippen LogP contribution in [-0.2, 0) is 6.54 Å². The molecule has 0 aliphatic heterocycles. The number of nitrogens with zero attached hydrogens (tertiary/aromatic N) is 4. The van der Waals surface area contributed by atoms with Crippen molar-refractivity contribution in [2.24, 2.45) is 0 Å². The van der Waals surface area contributed by atoms with E-state index >= 15 is 0 Å². The lowest BCUT2D eigenvalue weighted by atomic mass is 10.1. The first-order valence-corrected chi connectivity index (χ1v) is 6.38. The Labute approximate surface area is 114 Å². The summed E-state index contributed by atoms with van der Waals surface area (Å²) in [6, 6.07) is 7.23. The summed E-state index contributed by atoms with van der Waals surface area (Å²) in [5.41, 5.74) is 2.72. The Bertz CT molecular complexity index is 806. The summed E-state index contributed by atoms with van der Waals surface area (Å²) in [5, 5.41) is 8.42. The summed E-state index contributed by atoms with van der Waals surface area (Å²) in [6.45, 7) is 2.60. The highest BCUT2D eigenvalue weighted by molar-refractivity contribution is 7.80. The van der Waals surface area contributed by atoms with Gasteiger partial charge in [-0.25, -0.2) is 0 Å². The van der Waals surface area contributed by atoms with Crippen LogP contribution in [-0.4, -0.2) is 19.2 Å². The lowest BCUT2D eigenvalue weighted by Gasteiger charge is -2.06. The van der Waals surface area contributed by atoms with Gasteiger partial charge in [-0.3, -0.25) is 9.20 Å². The van der Waals surface area contributed by atoms with Gasteiger partial charge in [0, 0.05) is 30.6 Å². The summed E-state index contributed by atoms with van der Waals surface area (Å²) in [5.74, 6) is 0. The highest BCUT2D eigenvalue weighted by Crippen LogP contribution is 2.19. The Morgan fingerprint density at radius 3 is 2.63 bits per heavy atom. The molecule has 0 atom stereocenters. The summed E-state index contributed by atoms with van der Waals surface area (Å²) >= 11 is 4.25. The fourth-order valence-electron chi connectivity index (χ4n) is 2.00. The molecule has 3 heterocycles. The van der Waals surface area contributed by atoms with Gasteiger partial charge in [-0.05, 0) is 30.7 Å². The smallest absolute Gasteiger partial charge is 0.250 e. The molecule has 0 bridgehead atoms. The molecule has 0 aliphatic rings. The van der Waals surface area contributed by atoms with E-state index in [-0.39, 0.29) is 5.56 Å². The van der Waals surface area contributed by atoms with Gasteiger partial charge in [0.25, 0.3) is 5.56 Å². The van der Waals surface area contributed by atoms with Crippen molar-refractivity contribution in [1.82, 2.24) is 19.2 Å². The van der Waals surface area contributed by atoms with Crippen molar-refractivity contribution in [1.29, 1.82) is 0 Å². The van der Waals surface area contributed by atoms with E-state index in [1.807, 2.05) is 37.5 Å². The third-order valence-corrected chi connectivity index (χ3v) is 3.35. The lowest BCUT2D eigenvalue weighted by molar-refractivity contribution is 0.728. The SMILES string of the molecule is CCn1cc(-c2ccc3nnc(S)n3c2)ccc1=O. The number of fused-ring (bicyclic) bond motifs is 1. The summed E-state index contributed by atoms with van der Waals surface area (Å²) in [6.07, 6.45) is 3.77. The normalized spacial score (nSPS) is 11.1. The van der Waals surface area contributed by atoms with E-state index in [0.717, 1.165) is 16.8 Å². The highest BCUT2D eigenvalue weighted by Gasteiger charge is 2.05. The molecular weight excluding hydrogens is 260 g/mol. The van der Waals surface area contributed by atoms with E-state index in [4.69, 9.17) is 0 Å². The van der Waals surface area contributed by atoms with Crippen LogP contribution < -0.4 is 5.56 Å². The van der Waals surface area contributed by atoms with Crippen molar-refractivity contribution in [2.45, 2.75) is 18.6 Å².